The molecule has 0 heterocycles. The van der Waals surface area contributed by atoms with Crippen LogP contribution in [0.4, 0.5) is 4.79 Å². The van der Waals surface area contributed by atoms with Crippen LogP contribution in [0.25, 0.3) is 6.08 Å². The Kier molecular flexibility index (Phi) is 4.45. The maximum Gasteiger partial charge on any atom is 0.319 e. The van der Waals surface area contributed by atoms with Gasteiger partial charge in [0.05, 0.1) is 0 Å². The number of benzene rings is 1. The van der Waals surface area contributed by atoms with Crippen LogP contribution in [0.2, 0.25) is 0 Å². The van der Waals surface area contributed by atoms with Crippen molar-refractivity contribution in [3.8, 4) is 11.8 Å². The van der Waals surface area contributed by atoms with Crippen LogP contribution in [0.15, 0.2) is 28.2 Å². The molecule has 18 heavy (non-hydrogen) atoms. The van der Waals surface area contributed by atoms with Gasteiger partial charge in [0.25, 0.3) is 5.91 Å². The number of nitrogens with zero attached hydrogens (tertiary/aromatic N) is 1. The van der Waals surface area contributed by atoms with Gasteiger partial charge in [-0.25, -0.2) is 4.79 Å². The fourth-order valence-corrected chi connectivity index (χ4v) is 1.50. The number of imide groups is 1. The zero-order valence-electron chi connectivity index (χ0n) is 8.98. The van der Waals surface area contributed by atoms with Crippen molar-refractivity contribution in [2.45, 2.75) is 0 Å². The Balaban J connectivity index is 3.12. The first-order valence-electron chi connectivity index (χ1n) is 4.65. The van der Waals surface area contributed by atoms with Gasteiger partial charge in [0.1, 0.15) is 17.4 Å². The number of nitriles is 1. The van der Waals surface area contributed by atoms with Crippen LogP contribution >= 0.6 is 15.9 Å². The standard InChI is InChI=1S/C11H8BrN3O3/c12-8-1-2-9(16)6(4-8)3-7(5-13)10(17)15-11(14)18/h1-4,16H,(H3,14,15,17,18)/b7-3-. The number of urea groups is 1. The lowest BCUT2D eigenvalue weighted by Crippen LogP contribution is -2.35. The molecule has 6 nitrogen and oxygen atoms in total. The summed E-state index contributed by atoms with van der Waals surface area (Å²) in [5.74, 6) is -1.03. The second-order valence-electron chi connectivity index (χ2n) is 3.19. The number of phenols is 1. The molecule has 0 fully saturated rings. The number of hydrogen-bond donors (Lipinski definition) is 3. The lowest BCUT2D eigenvalue weighted by Gasteiger charge is -2.02. The van der Waals surface area contributed by atoms with Gasteiger partial charge in [-0.2, -0.15) is 5.26 Å². The smallest absolute Gasteiger partial charge is 0.319 e. The molecule has 0 aliphatic heterocycles. The van der Waals surface area contributed by atoms with E-state index < -0.39 is 11.9 Å². The highest BCUT2D eigenvalue weighted by Gasteiger charge is 2.12. The number of halogens is 1. The molecule has 0 aliphatic carbocycles. The number of primary amides is 1. The van der Waals surface area contributed by atoms with Gasteiger partial charge in [0, 0.05) is 10.0 Å². The quantitative estimate of drug-likeness (QED) is 0.563. The summed E-state index contributed by atoms with van der Waals surface area (Å²) in [4.78, 5) is 21.9. The molecular formula is C11H8BrN3O3. The van der Waals surface area contributed by atoms with Crippen LogP contribution in [0, 0.1) is 11.3 Å². The van der Waals surface area contributed by atoms with E-state index in [0.717, 1.165) is 6.08 Å². The molecule has 0 spiro atoms. The summed E-state index contributed by atoms with van der Waals surface area (Å²) < 4.78 is 0.666. The van der Waals surface area contributed by atoms with E-state index in [9.17, 15) is 14.7 Å². The fourth-order valence-electron chi connectivity index (χ4n) is 1.12. The predicted molar refractivity (Wildman–Crippen MR) is 67.1 cm³/mol. The van der Waals surface area contributed by atoms with Gasteiger partial charge in [-0.1, -0.05) is 15.9 Å². The Labute approximate surface area is 111 Å². The average molecular weight is 310 g/mol. The van der Waals surface area contributed by atoms with Crippen LogP contribution in [-0.4, -0.2) is 17.0 Å². The number of hydrogen-bond acceptors (Lipinski definition) is 4. The summed E-state index contributed by atoms with van der Waals surface area (Å²) in [5.41, 5.74) is 4.69. The number of carbonyl (C=O) groups excluding carboxylic acids is 2. The normalized spacial score (nSPS) is 10.6. The van der Waals surface area contributed by atoms with Crippen LogP contribution in [0.5, 0.6) is 5.75 Å². The lowest BCUT2D eigenvalue weighted by molar-refractivity contribution is -0.115. The van der Waals surface area contributed by atoms with Crippen molar-refractivity contribution in [2.75, 3.05) is 0 Å². The number of amides is 3. The van der Waals surface area contributed by atoms with E-state index in [4.69, 9.17) is 11.0 Å². The van der Waals surface area contributed by atoms with Gasteiger partial charge < -0.3 is 10.8 Å². The van der Waals surface area contributed by atoms with E-state index in [-0.39, 0.29) is 16.9 Å². The third kappa shape index (κ3) is 3.61. The van der Waals surface area contributed by atoms with E-state index in [0.29, 0.717) is 4.47 Å². The molecule has 4 N–H and O–H groups in total. The van der Waals surface area contributed by atoms with E-state index in [1.165, 1.54) is 12.1 Å². The molecule has 0 atom stereocenters. The Morgan fingerprint density at radius 3 is 2.72 bits per heavy atom. The van der Waals surface area contributed by atoms with Crippen molar-refractivity contribution in [1.29, 1.82) is 5.26 Å². The molecule has 0 aliphatic rings. The zero-order valence-corrected chi connectivity index (χ0v) is 10.6. The summed E-state index contributed by atoms with van der Waals surface area (Å²) in [6.45, 7) is 0. The maximum atomic E-state index is 11.4. The van der Waals surface area contributed by atoms with Crippen LogP contribution in [0.1, 0.15) is 5.56 Å². The fraction of sp³-hybridized carbons (Fsp3) is 0. The summed E-state index contributed by atoms with van der Waals surface area (Å²) in [6, 6.07) is 5.08. The predicted octanol–water partition coefficient (Wildman–Crippen LogP) is 1.26. The topological polar surface area (TPSA) is 116 Å². The number of aromatic hydroxyl groups is 1. The van der Waals surface area contributed by atoms with Crippen molar-refractivity contribution in [3.63, 3.8) is 0 Å². The number of nitrogens with one attached hydrogen (secondary N) is 1. The highest BCUT2D eigenvalue weighted by molar-refractivity contribution is 9.10. The Bertz CT molecular complexity index is 575. The molecule has 0 saturated heterocycles. The molecule has 0 saturated carbocycles. The first kappa shape index (κ1) is 13.7. The zero-order chi connectivity index (χ0) is 13.7. The van der Waals surface area contributed by atoms with Crippen molar-refractivity contribution in [1.82, 2.24) is 5.32 Å². The SMILES string of the molecule is N#C/C(=C/c1cc(Br)ccc1O)C(=O)NC(N)=O. The molecule has 1 aromatic carbocycles. The molecule has 3 amide bonds. The Morgan fingerprint density at radius 2 is 2.17 bits per heavy atom. The van der Waals surface area contributed by atoms with Gasteiger partial charge in [0.15, 0.2) is 0 Å². The van der Waals surface area contributed by atoms with Crippen LogP contribution in [-0.2, 0) is 4.79 Å². The largest absolute Gasteiger partial charge is 0.507 e. The lowest BCUT2D eigenvalue weighted by atomic mass is 10.1. The summed E-state index contributed by atoms with van der Waals surface area (Å²) in [7, 11) is 0. The minimum atomic E-state index is -1.06. The van der Waals surface area contributed by atoms with E-state index in [1.54, 1.807) is 17.5 Å². The highest BCUT2D eigenvalue weighted by atomic mass is 79.9. The monoisotopic (exact) mass is 309 g/mol. The molecule has 92 valence electrons. The molecule has 1 rings (SSSR count). The summed E-state index contributed by atoms with van der Waals surface area (Å²) >= 11 is 3.19. The van der Waals surface area contributed by atoms with Crippen molar-refractivity contribution < 1.29 is 14.7 Å². The van der Waals surface area contributed by atoms with Gasteiger partial charge >= 0.3 is 6.03 Å². The number of carbonyl (C=O) groups is 2. The molecule has 1 aromatic rings. The van der Waals surface area contributed by atoms with Gasteiger partial charge in [0.2, 0.25) is 0 Å². The Hall–Kier alpha value is -2.33. The second-order valence-corrected chi connectivity index (χ2v) is 4.11. The summed E-state index contributed by atoms with van der Waals surface area (Å²) in [6.07, 6.45) is 1.15. The van der Waals surface area contributed by atoms with Gasteiger partial charge in [-0.3, -0.25) is 10.1 Å². The molecule has 7 heteroatoms. The summed E-state index contributed by atoms with van der Waals surface area (Å²) in [5, 5.41) is 20.1. The number of phenolic OH excluding ortho intramolecular Hbond substituents is 1. The van der Waals surface area contributed by atoms with Crippen LogP contribution in [0.3, 0.4) is 0 Å². The van der Waals surface area contributed by atoms with Crippen molar-refractivity contribution in [2.24, 2.45) is 5.73 Å². The van der Waals surface area contributed by atoms with Crippen molar-refractivity contribution >= 4 is 33.9 Å². The third-order valence-electron chi connectivity index (χ3n) is 1.89. The second kappa shape index (κ2) is 5.84. The molecule has 0 radical (unpaired) electrons. The van der Waals surface area contributed by atoms with E-state index >= 15 is 0 Å². The van der Waals surface area contributed by atoms with E-state index in [1.807, 2.05) is 0 Å². The molecule has 0 unspecified atom stereocenters. The van der Waals surface area contributed by atoms with Gasteiger partial charge in [-0.15, -0.1) is 0 Å². The minimum Gasteiger partial charge on any atom is -0.507 e. The first-order valence-corrected chi connectivity index (χ1v) is 5.44. The Morgan fingerprint density at radius 1 is 1.50 bits per heavy atom. The highest BCUT2D eigenvalue weighted by Crippen LogP contribution is 2.24. The van der Waals surface area contributed by atoms with Crippen LogP contribution < -0.4 is 11.1 Å². The van der Waals surface area contributed by atoms with Crippen molar-refractivity contribution in [3.05, 3.63) is 33.8 Å². The number of nitrogens with two attached hydrogens (primary N) is 1. The van der Waals surface area contributed by atoms with E-state index in [2.05, 4.69) is 15.9 Å². The third-order valence-corrected chi connectivity index (χ3v) is 2.38. The number of rotatable bonds is 2. The molecule has 0 bridgehead atoms. The van der Waals surface area contributed by atoms with Gasteiger partial charge in [-0.05, 0) is 24.3 Å². The first-order chi connectivity index (χ1) is 8.43. The maximum absolute atomic E-state index is 11.4. The molecular weight excluding hydrogens is 302 g/mol. The average Bonchev–Trinajstić information content (AvgIpc) is 2.29. The minimum absolute atomic E-state index is 0.0992. The molecule has 0 aromatic heterocycles.